The normalized spacial score (nSPS) is 17.4. The maximum absolute atomic E-state index is 11.1. The fourth-order valence-corrected chi connectivity index (χ4v) is 3.01. The lowest BCUT2D eigenvalue weighted by molar-refractivity contribution is 0.0691. The van der Waals surface area contributed by atoms with Crippen LogP contribution < -0.4 is 0 Å². The lowest BCUT2D eigenvalue weighted by Gasteiger charge is -2.32. The number of likely N-dealkylation sites (N-methyl/N-ethyl adjacent to an activating group) is 1. The molecule has 2 heterocycles. The van der Waals surface area contributed by atoms with Gasteiger partial charge in [-0.15, -0.1) is 0 Å². The second-order valence-electron chi connectivity index (χ2n) is 5.60. The molecule has 0 radical (unpaired) electrons. The maximum atomic E-state index is 11.1. The summed E-state index contributed by atoms with van der Waals surface area (Å²) in [5, 5.41) is 10.6. The largest absolute Gasteiger partial charge is 0.477 e. The van der Waals surface area contributed by atoms with Crippen LogP contribution in [0.4, 0.5) is 0 Å². The predicted molar refractivity (Wildman–Crippen MR) is 83.0 cm³/mol. The molecule has 112 valence electrons. The molecule has 0 unspecified atom stereocenters. The summed E-state index contributed by atoms with van der Waals surface area (Å²) < 4.78 is 0. The Hall–Kier alpha value is -1.56. The van der Waals surface area contributed by atoms with Crippen molar-refractivity contribution in [3.63, 3.8) is 0 Å². The highest BCUT2D eigenvalue weighted by atomic mass is 35.5. The van der Waals surface area contributed by atoms with Crippen LogP contribution in [0.25, 0.3) is 10.9 Å². The lowest BCUT2D eigenvalue weighted by Crippen LogP contribution is -2.43. The number of hydrogen-bond donors (Lipinski definition) is 2. The van der Waals surface area contributed by atoms with Gasteiger partial charge in [-0.2, -0.15) is 0 Å². The van der Waals surface area contributed by atoms with Crippen molar-refractivity contribution in [3.8, 4) is 0 Å². The van der Waals surface area contributed by atoms with E-state index in [0.717, 1.165) is 49.2 Å². The maximum Gasteiger partial charge on any atom is 0.352 e. The molecule has 1 fully saturated rings. The summed E-state index contributed by atoms with van der Waals surface area (Å²) in [6.07, 6.45) is 0. The van der Waals surface area contributed by atoms with Gasteiger partial charge in [0.25, 0.3) is 0 Å². The fraction of sp³-hybridized carbons (Fsp3) is 0.400. The van der Waals surface area contributed by atoms with Gasteiger partial charge in [0.15, 0.2) is 0 Å². The number of rotatable bonds is 3. The molecule has 1 aromatic heterocycles. The van der Waals surface area contributed by atoms with Gasteiger partial charge in [0.2, 0.25) is 0 Å². The lowest BCUT2D eigenvalue weighted by atomic mass is 10.1. The molecule has 1 aliphatic rings. The standard InChI is InChI=1S/C15H18ClN3O2/c1-18-2-4-19(5-3-18)9-11-7-12(16)6-10-8-13(15(20)21)17-14(10)11/h6-8,17H,2-5,9H2,1H3,(H,20,21). The molecule has 2 N–H and O–H groups in total. The van der Waals surface area contributed by atoms with E-state index in [4.69, 9.17) is 16.7 Å². The van der Waals surface area contributed by atoms with Crippen molar-refractivity contribution in [3.05, 3.63) is 34.5 Å². The molecule has 0 bridgehead atoms. The molecule has 1 aromatic carbocycles. The van der Waals surface area contributed by atoms with E-state index in [1.54, 1.807) is 12.1 Å². The number of nitrogens with zero attached hydrogens (tertiary/aromatic N) is 2. The molecule has 0 aliphatic carbocycles. The number of carbonyl (C=O) groups is 1. The third-order valence-corrected chi connectivity index (χ3v) is 4.21. The van der Waals surface area contributed by atoms with E-state index in [1.807, 2.05) is 6.07 Å². The van der Waals surface area contributed by atoms with E-state index in [2.05, 4.69) is 21.8 Å². The van der Waals surface area contributed by atoms with Crippen LogP contribution in [0.15, 0.2) is 18.2 Å². The summed E-state index contributed by atoms with van der Waals surface area (Å²) in [5.74, 6) is -0.951. The van der Waals surface area contributed by atoms with Crippen LogP contribution in [-0.2, 0) is 6.54 Å². The van der Waals surface area contributed by atoms with Gasteiger partial charge in [0.05, 0.1) is 5.52 Å². The summed E-state index contributed by atoms with van der Waals surface area (Å²) in [6, 6.07) is 5.36. The molecule has 0 amide bonds. The molecule has 6 heteroatoms. The Morgan fingerprint density at radius 1 is 1.29 bits per heavy atom. The van der Waals surface area contributed by atoms with E-state index >= 15 is 0 Å². The molecule has 2 aromatic rings. The Bertz CT molecular complexity index is 675. The number of H-pyrrole nitrogens is 1. The van der Waals surface area contributed by atoms with Crippen molar-refractivity contribution < 1.29 is 9.90 Å². The molecule has 5 nitrogen and oxygen atoms in total. The molecule has 0 atom stereocenters. The number of benzene rings is 1. The number of fused-ring (bicyclic) bond motifs is 1. The number of carboxylic acid groups (broad SMARTS) is 1. The smallest absolute Gasteiger partial charge is 0.352 e. The molecule has 1 saturated heterocycles. The number of aromatic carboxylic acids is 1. The van der Waals surface area contributed by atoms with Crippen molar-refractivity contribution in [2.24, 2.45) is 0 Å². The number of hydrogen-bond acceptors (Lipinski definition) is 3. The second kappa shape index (κ2) is 5.67. The van der Waals surface area contributed by atoms with E-state index < -0.39 is 5.97 Å². The van der Waals surface area contributed by atoms with Crippen molar-refractivity contribution in [1.29, 1.82) is 0 Å². The van der Waals surface area contributed by atoms with E-state index in [-0.39, 0.29) is 5.69 Å². The number of nitrogens with one attached hydrogen (secondary N) is 1. The van der Waals surface area contributed by atoms with Crippen LogP contribution in [0, 0.1) is 0 Å². The van der Waals surface area contributed by atoms with Crippen LogP contribution >= 0.6 is 11.6 Å². The third kappa shape index (κ3) is 3.05. The van der Waals surface area contributed by atoms with Gasteiger partial charge in [0, 0.05) is 43.1 Å². The number of carboxylic acids is 1. The van der Waals surface area contributed by atoms with Crippen molar-refractivity contribution >= 4 is 28.5 Å². The SMILES string of the molecule is CN1CCN(Cc2cc(Cl)cc3cc(C(=O)O)[nH]c23)CC1. The van der Waals surface area contributed by atoms with Crippen LogP contribution in [0.3, 0.4) is 0 Å². The fourth-order valence-electron chi connectivity index (χ4n) is 2.77. The molecule has 0 saturated carbocycles. The van der Waals surface area contributed by atoms with Crippen molar-refractivity contribution in [1.82, 2.24) is 14.8 Å². The van der Waals surface area contributed by atoms with Gasteiger partial charge in [0.1, 0.15) is 5.69 Å². The molecule has 3 rings (SSSR count). The molecule has 21 heavy (non-hydrogen) atoms. The highest BCUT2D eigenvalue weighted by molar-refractivity contribution is 6.31. The molecule has 0 spiro atoms. The summed E-state index contributed by atoms with van der Waals surface area (Å²) in [7, 11) is 2.12. The Labute approximate surface area is 128 Å². The monoisotopic (exact) mass is 307 g/mol. The van der Waals surface area contributed by atoms with Crippen LogP contribution in [0.2, 0.25) is 5.02 Å². The van der Waals surface area contributed by atoms with Gasteiger partial charge < -0.3 is 15.0 Å². The quantitative estimate of drug-likeness (QED) is 0.913. The van der Waals surface area contributed by atoms with E-state index in [1.165, 1.54) is 0 Å². The van der Waals surface area contributed by atoms with Crippen LogP contribution in [-0.4, -0.2) is 59.1 Å². The van der Waals surface area contributed by atoms with Gasteiger partial charge in [-0.1, -0.05) is 11.6 Å². The molecular formula is C15H18ClN3O2. The van der Waals surface area contributed by atoms with E-state index in [0.29, 0.717) is 5.02 Å². The number of halogens is 1. The topological polar surface area (TPSA) is 59.6 Å². The molecule has 1 aliphatic heterocycles. The summed E-state index contributed by atoms with van der Waals surface area (Å²) in [4.78, 5) is 18.8. The van der Waals surface area contributed by atoms with Crippen LogP contribution in [0.5, 0.6) is 0 Å². The third-order valence-electron chi connectivity index (χ3n) is 4.00. The first kappa shape index (κ1) is 14.4. The minimum atomic E-state index is -0.951. The first-order valence-corrected chi connectivity index (χ1v) is 7.36. The summed E-state index contributed by atoms with van der Waals surface area (Å²) >= 11 is 6.17. The Balaban J connectivity index is 1.91. The van der Waals surface area contributed by atoms with Crippen molar-refractivity contribution in [2.75, 3.05) is 33.2 Å². The van der Waals surface area contributed by atoms with Gasteiger partial charge in [-0.05, 0) is 30.8 Å². The van der Waals surface area contributed by atoms with Gasteiger partial charge in [-0.3, -0.25) is 4.90 Å². The highest BCUT2D eigenvalue weighted by Crippen LogP contribution is 2.26. The number of piperazine rings is 1. The minimum Gasteiger partial charge on any atom is -0.477 e. The zero-order chi connectivity index (χ0) is 15.0. The summed E-state index contributed by atoms with van der Waals surface area (Å²) in [6.45, 7) is 4.90. The Morgan fingerprint density at radius 3 is 2.67 bits per heavy atom. The van der Waals surface area contributed by atoms with Gasteiger partial charge in [-0.25, -0.2) is 4.79 Å². The van der Waals surface area contributed by atoms with Crippen molar-refractivity contribution in [2.45, 2.75) is 6.54 Å². The summed E-state index contributed by atoms with van der Waals surface area (Å²) in [5.41, 5.74) is 2.12. The van der Waals surface area contributed by atoms with Gasteiger partial charge >= 0.3 is 5.97 Å². The second-order valence-corrected chi connectivity index (χ2v) is 6.03. The zero-order valence-electron chi connectivity index (χ0n) is 11.9. The zero-order valence-corrected chi connectivity index (χ0v) is 12.7. The number of aromatic nitrogens is 1. The highest BCUT2D eigenvalue weighted by Gasteiger charge is 2.17. The molecular weight excluding hydrogens is 290 g/mol. The predicted octanol–water partition coefficient (Wildman–Crippen LogP) is 2.27. The first-order chi connectivity index (χ1) is 10.0. The van der Waals surface area contributed by atoms with E-state index in [9.17, 15) is 4.79 Å². The minimum absolute atomic E-state index is 0.201. The number of aromatic amines is 1. The average molecular weight is 308 g/mol. The first-order valence-electron chi connectivity index (χ1n) is 6.98. The Kier molecular flexibility index (Phi) is 3.89. The van der Waals surface area contributed by atoms with Crippen LogP contribution in [0.1, 0.15) is 16.1 Å². The average Bonchev–Trinajstić information content (AvgIpc) is 2.85. The Morgan fingerprint density at radius 2 is 2.00 bits per heavy atom.